The molecule has 2 aliphatic rings. The summed E-state index contributed by atoms with van der Waals surface area (Å²) in [6.45, 7) is 0.725. The minimum Gasteiger partial charge on any atom is -0.469 e. The molecule has 0 aliphatic carbocycles. The van der Waals surface area contributed by atoms with Crippen LogP contribution >= 0.6 is 0 Å². The van der Waals surface area contributed by atoms with Gasteiger partial charge in [-0.1, -0.05) is 0 Å². The number of rotatable bonds is 1. The second kappa shape index (κ2) is 3.01. The molecule has 0 N–H and O–H groups in total. The van der Waals surface area contributed by atoms with Crippen molar-refractivity contribution < 1.29 is 14.3 Å². The van der Waals surface area contributed by atoms with Crippen LogP contribution in [-0.4, -0.2) is 36.5 Å². The summed E-state index contributed by atoms with van der Waals surface area (Å²) in [4.78, 5) is 24.4. The van der Waals surface area contributed by atoms with Gasteiger partial charge in [0.2, 0.25) is 5.91 Å². The molecule has 2 fully saturated rings. The SMILES string of the molecule is COC(=O)[C@@H]1CCN2C(=O)CC[C@H]12. The minimum absolute atomic E-state index is 0.0727. The van der Waals surface area contributed by atoms with Crippen molar-refractivity contribution in [1.82, 2.24) is 4.90 Å². The number of methoxy groups -OCH3 is 1. The zero-order valence-electron chi connectivity index (χ0n) is 7.66. The molecule has 0 unspecified atom stereocenters. The minimum atomic E-state index is -0.165. The van der Waals surface area contributed by atoms with Gasteiger partial charge in [-0.25, -0.2) is 0 Å². The van der Waals surface area contributed by atoms with Crippen LogP contribution in [0, 0.1) is 5.92 Å². The lowest BCUT2D eigenvalue weighted by molar-refractivity contribution is -0.146. The maximum Gasteiger partial charge on any atom is 0.310 e. The van der Waals surface area contributed by atoms with E-state index in [2.05, 4.69) is 0 Å². The summed E-state index contributed by atoms with van der Waals surface area (Å²) >= 11 is 0. The number of hydrogen-bond donors (Lipinski definition) is 0. The van der Waals surface area contributed by atoms with Gasteiger partial charge in [-0.05, 0) is 12.8 Å². The molecule has 0 saturated carbocycles. The van der Waals surface area contributed by atoms with Crippen molar-refractivity contribution in [3.63, 3.8) is 0 Å². The summed E-state index contributed by atoms with van der Waals surface area (Å²) in [5.41, 5.74) is 0. The first-order valence-corrected chi connectivity index (χ1v) is 4.61. The fraction of sp³-hybridized carbons (Fsp3) is 0.778. The van der Waals surface area contributed by atoms with Crippen LogP contribution in [0.15, 0.2) is 0 Å². The van der Waals surface area contributed by atoms with Crippen LogP contribution in [0.1, 0.15) is 19.3 Å². The first-order valence-electron chi connectivity index (χ1n) is 4.61. The van der Waals surface area contributed by atoms with E-state index in [1.807, 2.05) is 4.90 Å². The molecule has 0 aromatic rings. The van der Waals surface area contributed by atoms with E-state index in [1.54, 1.807) is 0 Å². The third-order valence-corrected chi connectivity index (χ3v) is 3.02. The van der Waals surface area contributed by atoms with Crippen molar-refractivity contribution in [2.45, 2.75) is 25.3 Å². The maximum absolute atomic E-state index is 11.3. The molecule has 4 heteroatoms. The highest BCUT2D eigenvalue weighted by molar-refractivity contribution is 5.82. The highest BCUT2D eigenvalue weighted by Crippen LogP contribution is 2.33. The summed E-state index contributed by atoms with van der Waals surface area (Å²) in [6.07, 6.45) is 2.18. The van der Waals surface area contributed by atoms with Crippen molar-refractivity contribution in [3.8, 4) is 0 Å². The molecule has 0 radical (unpaired) electrons. The number of fused-ring (bicyclic) bond motifs is 1. The Bertz CT molecular complexity index is 251. The van der Waals surface area contributed by atoms with Crippen LogP contribution in [-0.2, 0) is 14.3 Å². The Labute approximate surface area is 76.8 Å². The van der Waals surface area contributed by atoms with Crippen LogP contribution in [0.4, 0.5) is 0 Å². The van der Waals surface area contributed by atoms with Gasteiger partial charge in [-0.15, -0.1) is 0 Å². The topological polar surface area (TPSA) is 46.6 Å². The number of carbonyl (C=O) groups excluding carboxylic acids is 2. The van der Waals surface area contributed by atoms with Gasteiger partial charge in [0.05, 0.1) is 13.0 Å². The second-order valence-corrected chi connectivity index (χ2v) is 3.61. The number of amides is 1. The number of hydrogen-bond acceptors (Lipinski definition) is 3. The summed E-state index contributed by atoms with van der Waals surface area (Å²) in [5, 5.41) is 0. The van der Waals surface area contributed by atoms with Gasteiger partial charge in [0, 0.05) is 19.0 Å². The molecule has 1 amide bonds. The third kappa shape index (κ3) is 1.20. The molecular weight excluding hydrogens is 170 g/mol. The van der Waals surface area contributed by atoms with Crippen LogP contribution in [0.5, 0.6) is 0 Å². The Balaban J connectivity index is 2.10. The molecule has 2 aliphatic heterocycles. The van der Waals surface area contributed by atoms with Crippen LogP contribution < -0.4 is 0 Å². The Morgan fingerprint density at radius 2 is 2.31 bits per heavy atom. The largest absolute Gasteiger partial charge is 0.469 e. The summed E-state index contributed by atoms with van der Waals surface area (Å²) in [7, 11) is 1.40. The Hall–Kier alpha value is -1.06. The van der Waals surface area contributed by atoms with E-state index in [0.29, 0.717) is 6.42 Å². The zero-order valence-corrected chi connectivity index (χ0v) is 7.66. The normalized spacial score (nSPS) is 32.1. The summed E-state index contributed by atoms with van der Waals surface area (Å²) in [6, 6.07) is 0.125. The van der Waals surface area contributed by atoms with Crippen LogP contribution in [0.25, 0.3) is 0 Å². The number of esters is 1. The molecule has 2 saturated heterocycles. The molecule has 13 heavy (non-hydrogen) atoms. The van der Waals surface area contributed by atoms with Crippen LogP contribution in [0.2, 0.25) is 0 Å². The lowest BCUT2D eigenvalue weighted by Crippen LogP contribution is -2.32. The van der Waals surface area contributed by atoms with Crippen molar-refractivity contribution in [2.24, 2.45) is 5.92 Å². The Morgan fingerprint density at radius 1 is 1.54 bits per heavy atom. The Morgan fingerprint density at radius 3 is 3.00 bits per heavy atom. The molecule has 72 valence electrons. The van der Waals surface area contributed by atoms with E-state index in [0.717, 1.165) is 19.4 Å². The molecular formula is C9H13NO3. The second-order valence-electron chi connectivity index (χ2n) is 3.61. The fourth-order valence-electron chi connectivity index (χ4n) is 2.36. The van der Waals surface area contributed by atoms with Crippen molar-refractivity contribution >= 4 is 11.9 Å². The van der Waals surface area contributed by atoms with Crippen molar-refractivity contribution in [1.29, 1.82) is 0 Å². The zero-order chi connectivity index (χ0) is 9.42. The summed E-state index contributed by atoms with van der Waals surface area (Å²) in [5.74, 6) is -0.0462. The summed E-state index contributed by atoms with van der Waals surface area (Å²) < 4.78 is 4.70. The van der Waals surface area contributed by atoms with Gasteiger partial charge in [-0.2, -0.15) is 0 Å². The van der Waals surface area contributed by atoms with Gasteiger partial charge < -0.3 is 9.64 Å². The van der Waals surface area contributed by atoms with E-state index in [1.165, 1.54) is 7.11 Å². The molecule has 0 aromatic carbocycles. The lowest BCUT2D eigenvalue weighted by Gasteiger charge is -2.18. The van der Waals surface area contributed by atoms with E-state index < -0.39 is 0 Å². The van der Waals surface area contributed by atoms with Crippen molar-refractivity contribution in [2.75, 3.05) is 13.7 Å². The predicted octanol–water partition coefficient (Wildman–Crippen LogP) is 0.170. The smallest absolute Gasteiger partial charge is 0.310 e. The Kier molecular flexibility index (Phi) is 1.98. The molecule has 2 heterocycles. The third-order valence-electron chi connectivity index (χ3n) is 3.02. The quantitative estimate of drug-likeness (QED) is 0.544. The number of ether oxygens (including phenoxy) is 1. The molecule has 0 bridgehead atoms. The predicted molar refractivity (Wildman–Crippen MR) is 44.9 cm³/mol. The first kappa shape index (κ1) is 8.53. The molecule has 2 atom stereocenters. The molecule has 0 aromatic heterocycles. The highest BCUT2D eigenvalue weighted by atomic mass is 16.5. The first-order chi connectivity index (χ1) is 6.24. The van der Waals surface area contributed by atoms with Gasteiger partial charge in [0.25, 0.3) is 0 Å². The van der Waals surface area contributed by atoms with Crippen molar-refractivity contribution in [3.05, 3.63) is 0 Å². The van der Waals surface area contributed by atoms with E-state index in [4.69, 9.17) is 4.74 Å². The molecule has 4 nitrogen and oxygen atoms in total. The van der Waals surface area contributed by atoms with Gasteiger partial charge >= 0.3 is 5.97 Å². The maximum atomic E-state index is 11.3. The average molecular weight is 183 g/mol. The number of nitrogens with zero attached hydrogens (tertiary/aromatic N) is 1. The van der Waals surface area contributed by atoms with Gasteiger partial charge in [-0.3, -0.25) is 9.59 Å². The van der Waals surface area contributed by atoms with E-state index in [9.17, 15) is 9.59 Å². The van der Waals surface area contributed by atoms with E-state index in [-0.39, 0.29) is 23.8 Å². The lowest BCUT2D eigenvalue weighted by atomic mass is 9.99. The van der Waals surface area contributed by atoms with Gasteiger partial charge in [0.1, 0.15) is 0 Å². The van der Waals surface area contributed by atoms with Crippen LogP contribution in [0.3, 0.4) is 0 Å². The average Bonchev–Trinajstić information content (AvgIpc) is 2.68. The monoisotopic (exact) mass is 183 g/mol. The highest BCUT2D eigenvalue weighted by Gasteiger charge is 2.45. The molecule has 2 rings (SSSR count). The molecule has 0 spiro atoms. The fourth-order valence-corrected chi connectivity index (χ4v) is 2.36. The van der Waals surface area contributed by atoms with E-state index >= 15 is 0 Å². The van der Waals surface area contributed by atoms with Gasteiger partial charge in [0.15, 0.2) is 0 Å². The standard InChI is InChI=1S/C9H13NO3/c1-13-9(12)6-4-5-10-7(6)2-3-8(10)11/h6-7H,2-5H2,1H3/t6-,7-/m1/s1. The number of carbonyl (C=O) groups is 2.